The first-order chi connectivity index (χ1) is 11.4. The number of amides is 1. The molecule has 1 aromatic heterocycles. The van der Waals surface area contributed by atoms with Crippen molar-refractivity contribution < 1.29 is 22.7 Å². The van der Waals surface area contributed by atoms with Crippen LogP contribution in [-0.2, 0) is 15.7 Å². The maximum Gasteiger partial charge on any atom is 0.417 e. The summed E-state index contributed by atoms with van der Waals surface area (Å²) in [6.07, 6.45) is -0.816. The highest BCUT2D eigenvalue weighted by Crippen LogP contribution is 2.40. The van der Waals surface area contributed by atoms with Crippen molar-refractivity contribution in [2.75, 3.05) is 31.7 Å². The van der Waals surface area contributed by atoms with Crippen molar-refractivity contribution in [1.29, 1.82) is 0 Å². The smallest absolute Gasteiger partial charge is 0.383 e. The van der Waals surface area contributed by atoms with E-state index < -0.39 is 11.7 Å². The number of anilines is 1. The fraction of sp³-hybridized carbons (Fsp3) is 0.625. The number of halogens is 3. The van der Waals surface area contributed by atoms with Gasteiger partial charge >= 0.3 is 6.18 Å². The maximum atomic E-state index is 12.7. The van der Waals surface area contributed by atoms with E-state index in [0.717, 1.165) is 38.1 Å². The van der Waals surface area contributed by atoms with Crippen LogP contribution in [0.2, 0.25) is 0 Å². The third-order valence-electron chi connectivity index (χ3n) is 4.93. The molecule has 3 rings (SSSR count). The SMILES string of the molecule is COCCN(c1ccc(C(F)(F)F)cn1)[C@@H]1C[C@H]2C[C@@H]1N(C=O)C2. The van der Waals surface area contributed by atoms with Crippen LogP contribution in [0.3, 0.4) is 0 Å². The van der Waals surface area contributed by atoms with Crippen molar-refractivity contribution in [3.63, 3.8) is 0 Å². The fourth-order valence-corrected chi connectivity index (χ4v) is 3.85. The number of hydrogen-bond acceptors (Lipinski definition) is 4. The molecule has 0 spiro atoms. The molecule has 1 aliphatic carbocycles. The predicted molar refractivity (Wildman–Crippen MR) is 81.5 cm³/mol. The molecule has 5 nitrogen and oxygen atoms in total. The number of methoxy groups -OCH3 is 1. The summed E-state index contributed by atoms with van der Waals surface area (Å²) < 4.78 is 43.3. The average Bonchev–Trinajstić information content (AvgIpc) is 3.15. The number of alkyl halides is 3. The topological polar surface area (TPSA) is 45.7 Å². The highest BCUT2D eigenvalue weighted by atomic mass is 19.4. The van der Waals surface area contributed by atoms with Crippen molar-refractivity contribution in [2.45, 2.75) is 31.1 Å². The molecule has 1 aromatic rings. The van der Waals surface area contributed by atoms with Crippen LogP contribution in [-0.4, -0.2) is 55.2 Å². The maximum absolute atomic E-state index is 12.7. The first kappa shape index (κ1) is 17.0. The fourth-order valence-electron chi connectivity index (χ4n) is 3.85. The van der Waals surface area contributed by atoms with E-state index in [4.69, 9.17) is 4.74 Å². The van der Waals surface area contributed by atoms with Crippen molar-refractivity contribution in [3.05, 3.63) is 23.9 Å². The van der Waals surface area contributed by atoms with Crippen LogP contribution in [0.5, 0.6) is 0 Å². The molecular weight excluding hydrogens is 323 g/mol. The molecule has 132 valence electrons. The zero-order chi connectivity index (χ0) is 17.3. The van der Waals surface area contributed by atoms with Gasteiger partial charge in [0.15, 0.2) is 0 Å². The number of rotatable bonds is 6. The Kier molecular flexibility index (Phi) is 4.67. The Bertz CT molecular complexity index is 579. The first-order valence-electron chi connectivity index (χ1n) is 7.94. The zero-order valence-electron chi connectivity index (χ0n) is 13.4. The van der Waals surface area contributed by atoms with Gasteiger partial charge in [0, 0.05) is 26.4 Å². The number of carbonyl (C=O) groups is 1. The molecule has 0 aromatic carbocycles. The lowest BCUT2D eigenvalue weighted by Crippen LogP contribution is -2.51. The Hall–Kier alpha value is -1.83. The van der Waals surface area contributed by atoms with Crippen LogP contribution in [0.25, 0.3) is 0 Å². The summed E-state index contributed by atoms with van der Waals surface area (Å²) in [7, 11) is 1.58. The molecule has 3 atom stereocenters. The van der Waals surface area contributed by atoms with E-state index in [1.165, 1.54) is 6.07 Å². The number of hydrogen-bond donors (Lipinski definition) is 0. The Morgan fingerprint density at radius 3 is 2.75 bits per heavy atom. The molecule has 2 bridgehead atoms. The highest BCUT2D eigenvalue weighted by molar-refractivity contribution is 5.51. The van der Waals surface area contributed by atoms with E-state index in [0.29, 0.717) is 24.9 Å². The molecule has 8 heteroatoms. The Balaban J connectivity index is 1.83. The van der Waals surface area contributed by atoms with Gasteiger partial charge in [0.05, 0.1) is 24.3 Å². The summed E-state index contributed by atoms with van der Waals surface area (Å²) in [5.74, 6) is 0.938. The van der Waals surface area contributed by atoms with Gasteiger partial charge in [0.2, 0.25) is 6.41 Å². The normalized spacial score (nSPS) is 26.0. The number of ether oxygens (including phenoxy) is 1. The van der Waals surface area contributed by atoms with Crippen LogP contribution >= 0.6 is 0 Å². The summed E-state index contributed by atoms with van der Waals surface area (Å²) in [6, 6.07) is 2.60. The van der Waals surface area contributed by atoms with Gasteiger partial charge < -0.3 is 14.5 Å². The molecule has 0 radical (unpaired) electrons. The van der Waals surface area contributed by atoms with E-state index in [1.807, 2.05) is 4.90 Å². The van der Waals surface area contributed by atoms with Gasteiger partial charge in [-0.1, -0.05) is 0 Å². The van der Waals surface area contributed by atoms with E-state index in [9.17, 15) is 18.0 Å². The van der Waals surface area contributed by atoms with Crippen molar-refractivity contribution in [1.82, 2.24) is 9.88 Å². The molecule has 1 aliphatic heterocycles. The Morgan fingerprint density at radius 1 is 1.42 bits per heavy atom. The van der Waals surface area contributed by atoms with Crippen LogP contribution < -0.4 is 4.90 Å². The van der Waals surface area contributed by atoms with Crippen LogP contribution in [0.15, 0.2) is 18.3 Å². The van der Waals surface area contributed by atoms with E-state index in [-0.39, 0.29) is 12.1 Å². The molecule has 2 heterocycles. The number of likely N-dealkylation sites (tertiary alicyclic amines) is 1. The van der Waals surface area contributed by atoms with E-state index in [2.05, 4.69) is 4.98 Å². The number of pyridine rings is 1. The second-order valence-corrected chi connectivity index (χ2v) is 6.36. The lowest BCUT2D eigenvalue weighted by atomic mass is 10.0. The van der Waals surface area contributed by atoms with Crippen molar-refractivity contribution in [3.8, 4) is 0 Å². The van der Waals surface area contributed by atoms with Gasteiger partial charge in [-0.3, -0.25) is 4.79 Å². The number of piperidine rings is 1. The number of fused-ring (bicyclic) bond motifs is 2. The van der Waals surface area contributed by atoms with Gasteiger partial charge in [-0.2, -0.15) is 13.2 Å². The largest absolute Gasteiger partial charge is 0.417 e. The van der Waals surface area contributed by atoms with Crippen LogP contribution in [0.1, 0.15) is 18.4 Å². The van der Waals surface area contributed by atoms with Crippen molar-refractivity contribution in [2.24, 2.45) is 5.92 Å². The van der Waals surface area contributed by atoms with Gasteiger partial charge in [0.1, 0.15) is 5.82 Å². The number of nitrogens with zero attached hydrogens (tertiary/aromatic N) is 3. The summed E-state index contributed by atoms with van der Waals surface area (Å²) in [5, 5.41) is 0. The van der Waals surface area contributed by atoms with Crippen LogP contribution in [0, 0.1) is 5.92 Å². The van der Waals surface area contributed by atoms with E-state index >= 15 is 0 Å². The van der Waals surface area contributed by atoms with Gasteiger partial charge in [-0.05, 0) is 30.9 Å². The Labute approximate surface area is 138 Å². The highest BCUT2D eigenvalue weighted by Gasteiger charge is 2.47. The molecule has 1 amide bonds. The molecule has 0 N–H and O–H groups in total. The standard InChI is InChI=1S/C16H20F3N3O2/c1-24-5-4-22(14-7-11-6-13(14)21(9-11)10-23)15-3-2-12(8-20-15)16(17,18)19/h2-3,8,10-11,13-14H,4-7,9H2,1H3/t11-,13+,14-/m1/s1. The zero-order valence-corrected chi connectivity index (χ0v) is 13.4. The monoisotopic (exact) mass is 343 g/mol. The second kappa shape index (κ2) is 6.58. The average molecular weight is 343 g/mol. The minimum atomic E-state index is -4.40. The quantitative estimate of drug-likeness (QED) is 0.743. The molecule has 2 aliphatic rings. The lowest BCUT2D eigenvalue weighted by molar-refractivity contribution is -0.137. The second-order valence-electron chi connectivity index (χ2n) is 6.36. The molecular formula is C16H20F3N3O2. The third-order valence-corrected chi connectivity index (χ3v) is 4.93. The summed E-state index contributed by atoms with van der Waals surface area (Å²) in [6.45, 7) is 1.73. The first-order valence-corrected chi connectivity index (χ1v) is 7.94. The summed E-state index contributed by atoms with van der Waals surface area (Å²) in [4.78, 5) is 19.0. The van der Waals surface area contributed by atoms with Gasteiger partial charge in [0.25, 0.3) is 0 Å². The minimum absolute atomic E-state index is 0.0633. The lowest BCUT2D eigenvalue weighted by Gasteiger charge is -2.39. The molecule has 24 heavy (non-hydrogen) atoms. The summed E-state index contributed by atoms with van der Waals surface area (Å²) >= 11 is 0. The van der Waals surface area contributed by atoms with Gasteiger partial charge in [-0.15, -0.1) is 0 Å². The molecule has 1 saturated heterocycles. The van der Waals surface area contributed by atoms with E-state index in [1.54, 1.807) is 12.0 Å². The number of aromatic nitrogens is 1. The van der Waals surface area contributed by atoms with Crippen molar-refractivity contribution >= 4 is 12.2 Å². The summed E-state index contributed by atoms with van der Waals surface area (Å²) in [5.41, 5.74) is -0.764. The van der Waals surface area contributed by atoms with Gasteiger partial charge in [-0.25, -0.2) is 4.98 Å². The molecule has 0 unspecified atom stereocenters. The van der Waals surface area contributed by atoms with Crippen LogP contribution in [0.4, 0.5) is 19.0 Å². The molecule has 1 saturated carbocycles. The number of carbonyl (C=O) groups excluding carboxylic acids is 1. The Morgan fingerprint density at radius 2 is 2.21 bits per heavy atom. The predicted octanol–water partition coefficient (Wildman–Crippen LogP) is 2.17. The minimum Gasteiger partial charge on any atom is -0.383 e. The molecule has 2 fully saturated rings. The third kappa shape index (κ3) is 3.19.